The van der Waals surface area contributed by atoms with Crippen molar-refractivity contribution in [3.8, 4) is 22.3 Å². The van der Waals surface area contributed by atoms with Gasteiger partial charge in [0.1, 0.15) is 17.5 Å². The monoisotopic (exact) mass is 364 g/mol. The van der Waals surface area contributed by atoms with Crippen LogP contribution in [0.15, 0.2) is 60.7 Å². The van der Waals surface area contributed by atoms with E-state index in [0.29, 0.717) is 0 Å². The minimum Gasteiger partial charge on any atom is -0.321 e. The zero-order valence-electron chi connectivity index (χ0n) is 12.7. The Balaban J connectivity index is 2.39. The van der Waals surface area contributed by atoms with Gasteiger partial charge in [-0.3, -0.25) is 4.57 Å². The van der Waals surface area contributed by atoms with Crippen LogP contribution in [-0.2, 0) is 4.57 Å². The molecular formula is C18H12F3O3P. The standard InChI is InChI=1S/C18H12F3O3P/c19-13-5-1-11(2-6-13)17-15(21)9-10-16(25(22,23)24)18(17)12-3-7-14(20)8-4-12/h1-10H,(H2,22,23,24). The van der Waals surface area contributed by atoms with Crippen molar-refractivity contribution in [2.24, 2.45) is 0 Å². The summed E-state index contributed by atoms with van der Waals surface area (Å²) in [6.07, 6.45) is 0. The molecule has 3 rings (SSSR count). The van der Waals surface area contributed by atoms with E-state index < -0.39 is 25.0 Å². The third-order valence-corrected chi connectivity index (χ3v) is 4.71. The first kappa shape index (κ1) is 17.4. The minimum absolute atomic E-state index is 0.0556. The Bertz CT molecular complexity index is 964. The van der Waals surface area contributed by atoms with Gasteiger partial charge in [0.15, 0.2) is 0 Å². The number of rotatable bonds is 3. The largest absolute Gasteiger partial charge is 0.356 e. The lowest BCUT2D eigenvalue weighted by Gasteiger charge is -2.17. The van der Waals surface area contributed by atoms with Gasteiger partial charge < -0.3 is 9.79 Å². The molecule has 0 unspecified atom stereocenters. The van der Waals surface area contributed by atoms with Crippen molar-refractivity contribution in [3.05, 3.63) is 78.1 Å². The molecule has 0 spiro atoms. The van der Waals surface area contributed by atoms with E-state index in [1.165, 1.54) is 24.3 Å². The van der Waals surface area contributed by atoms with Gasteiger partial charge in [-0.2, -0.15) is 0 Å². The molecule has 3 aromatic carbocycles. The van der Waals surface area contributed by atoms with Crippen molar-refractivity contribution in [2.45, 2.75) is 0 Å². The first-order valence-electron chi connectivity index (χ1n) is 7.18. The van der Waals surface area contributed by atoms with Crippen LogP contribution in [0.4, 0.5) is 13.2 Å². The third-order valence-electron chi connectivity index (χ3n) is 3.71. The second-order valence-electron chi connectivity index (χ2n) is 5.37. The Morgan fingerprint density at radius 3 is 1.52 bits per heavy atom. The smallest absolute Gasteiger partial charge is 0.321 e. The van der Waals surface area contributed by atoms with Crippen molar-refractivity contribution in [1.29, 1.82) is 0 Å². The maximum atomic E-state index is 14.5. The molecule has 0 fully saturated rings. The SMILES string of the molecule is O=P(O)(O)c1ccc(F)c(-c2ccc(F)cc2)c1-c1ccc(F)cc1. The first-order chi connectivity index (χ1) is 11.8. The average Bonchev–Trinajstić information content (AvgIpc) is 2.55. The van der Waals surface area contributed by atoms with Gasteiger partial charge >= 0.3 is 7.60 Å². The minimum atomic E-state index is -4.74. The maximum absolute atomic E-state index is 14.5. The summed E-state index contributed by atoms with van der Waals surface area (Å²) in [5, 5.41) is -0.389. The van der Waals surface area contributed by atoms with Gasteiger partial charge in [-0.05, 0) is 47.5 Å². The molecule has 0 bridgehead atoms. The molecule has 0 saturated carbocycles. The lowest BCUT2D eigenvalue weighted by molar-refractivity contribution is 0.387. The van der Waals surface area contributed by atoms with Gasteiger partial charge in [0.25, 0.3) is 0 Å². The second-order valence-corrected chi connectivity index (χ2v) is 6.94. The van der Waals surface area contributed by atoms with E-state index in [9.17, 15) is 27.5 Å². The molecule has 3 nitrogen and oxygen atoms in total. The quantitative estimate of drug-likeness (QED) is 0.684. The van der Waals surface area contributed by atoms with Gasteiger partial charge in [0, 0.05) is 11.1 Å². The summed E-state index contributed by atoms with van der Waals surface area (Å²) in [6.45, 7) is 0. The highest BCUT2D eigenvalue weighted by Crippen LogP contribution is 2.43. The molecule has 0 atom stereocenters. The Hall–Kier alpha value is -2.40. The molecule has 0 amide bonds. The van der Waals surface area contributed by atoms with Crippen molar-refractivity contribution in [2.75, 3.05) is 0 Å². The van der Waals surface area contributed by atoms with Crippen molar-refractivity contribution in [3.63, 3.8) is 0 Å². The van der Waals surface area contributed by atoms with Gasteiger partial charge in [-0.1, -0.05) is 24.3 Å². The summed E-state index contributed by atoms with van der Waals surface area (Å²) >= 11 is 0. The molecule has 25 heavy (non-hydrogen) atoms. The normalized spacial score (nSPS) is 11.6. The topological polar surface area (TPSA) is 57.5 Å². The molecular weight excluding hydrogens is 352 g/mol. The fourth-order valence-corrected chi connectivity index (χ4v) is 3.42. The maximum Gasteiger partial charge on any atom is 0.356 e. The van der Waals surface area contributed by atoms with E-state index in [0.717, 1.165) is 36.4 Å². The van der Waals surface area contributed by atoms with E-state index in [-0.39, 0.29) is 27.6 Å². The van der Waals surface area contributed by atoms with Crippen LogP contribution in [0.2, 0.25) is 0 Å². The predicted molar refractivity (Wildman–Crippen MR) is 88.9 cm³/mol. The highest BCUT2D eigenvalue weighted by molar-refractivity contribution is 7.60. The van der Waals surface area contributed by atoms with Crippen LogP contribution in [0.1, 0.15) is 0 Å². The third kappa shape index (κ3) is 3.51. The molecule has 3 aromatic rings. The second kappa shape index (κ2) is 6.48. The number of hydrogen-bond acceptors (Lipinski definition) is 1. The van der Waals surface area contributed by atoms with Crippen molar-refractivity contribution < 1.29 is 27.5 Å². The zero-order chi connectivity index (χ0) is 18.2. The molecule has 2 N–H and O–H groups in total. The van der Waals surface area contributed by atoms with Crippen LogP contribution in [0.3, 0.4) is 0 Å². The van der Waals surface area contributed by atoms with Gasteiger partial charge in [-0.15, -0.1) is 0 Å². The Morgan fingerprint density at radius 2 is 1.08 bits per heavy atom. The molecule has 0 aliphatic carbocycles. The van der Waals surface area contributed by atoms with Gasteiger partial charge in [0.05, 0.1) is 5.30 Å². The van der Waals surface area contributed by atoms with Crippen LogP contribution in [-0.4, -0.2) is 9.79 Å². The summed E-state index contributed by atoms with van der Waals surface area (Å²) in [4.78, 5) is 19.3. The van der Waals surface area contributed by atoms with Crippen LogP contribution >= 0.6 is 7.60 Å². The van der Waals surface area contributed by atoms with E-state index in [4.69, 9.17) is 0 Å². The summed E-state index contributed by atoms with van der Waals surface area (Å²) < 4.78 is 52.8. The van der Waals surface area contributed by atoms with Gasteiger partial charge in [-0.25, -0.2) is 13.2 Å². The van der Waals surface area contributed by atoms with E-state index >= 15 is 0 Å². The number of halogens is 3. The fourth-order valence-electron chi connectivity index (χ4n) is 2.62. The molecule has 128 valence electrons. The van der Waals surface area contributed by atoms with E-state index in [2.05, 4.69) is 0 Å². The number of benzene rings is 3. The first-order valence-corrected chi connectivity index (χ1v) is 8.79. The van der Waals surface area contributed by atoms with Gasteiger partial charge in [0.2, 0.25) is 0 Å². The molecule has 0 aliphatic heterocycles. The molecule has 7 heteroatoms. The molecule has 0 heterocycles. The highest BCUT2D eigenvalue weighted by atomic mass is 31.2. The molecule has 0 aliphatic rings. The Labute approximate surface area is 141 Å². The predicted octanol–water partition coefficient (Wildman–Crippen LogP) is 4.24. The van der Waals surface area contributed by atoms with E-state index in [1.807, 2.05) is 0 Å². The van der Waals surface area contributed by atoms with Crippen LogP contribution in [0.5, 0.6) is 0 Å². The Morgan fingerprint density at radius 1 is 0.640 bits per heavy atom. The van der Waals surface area contributed by atoms with E-state index in [1.54, 1.807) is 0 Å². The van der Waals surface area contributed by atoms with Crippen molar-refractivity contribution in [1.82, 2.24) is 0 Å². The molecule has 0 radical (unpaired) electrons. The fraction of sp³-hybridized carbons (Fsp3) is 0. The lowest BCUT2D eigenvalue weighted by Crippen LogP contribution is -2.11. The highest BCUT2D eigenvalue weighted by Gasteiger charge is 2.27. The summed E-state index contributed by atoms with van der Waals surface area (Å²) in [5.74, 6) is -1.80. The summed E-state index contributed by atoms with van der Waals surface area (Å²) in [6, 6.07) is 11.6. The zero-order valence-corrected chi connectivity index (χ0v) is 13.6. The molecule has 0 aromatic heterocycles. The molecule has 0 saturated heterocycles. The lowest BCUT2D eigenvalue weighted by atomic mass is 9.94. The summed E-state index contributed by atoms with van der Waals surface area (Å²) in [7, 11) is -4.74. The van der Waals surface area contributed by atoms with Crippen LogP contribution in [0.25, 0.3) is 22.3 Å². The summed E-state index contributed by atoms with van der Waals surface area (Å²) in [5.41, 5.74) is 0.333. The van der Waals surface area contributed by atoms with Crippen LogP contribution in [0, 0.1) is 17.5 Å². The number of hydrogen-bond donors (Lipinski definition) is 2. The Kier molecular flexibility index (Phi) is 4.52. The average molecular weight is 364 g/mol. The van der Waals surface area contributed by atoms with Crippen molar-refractivity contribution >= 4 is 12.9 Å². The van der Waals surface area contributed by atoms with Crippen LogP contribution < -0.4 is 5.30 Å².